The molecule has 2 rings (SSSR count). The molecule has 0 unspecified atom stereocenters. The van der Waals surface area contributed by atoms with E-state index < -0.39 is 11.9 Å². The Bertz CT molecular complexity index is 481. The lowest BCUT2D eigenvalue weighted by atomic mass is 9.89. The van der Waals surface area contributed by atoms with Crippen LogP contribution in [0.5, 0.6) is 0 Å². The van der Waals surface area contributed by atoms with Gasteiger partial charge >= 0.3 is 5.97 Å². The van der Waals surface area contributed by atoms with Gasteiger partial charge in [0.15, 0.2) is 0 Å². The van der Waals surface area contributed by atoms with Crippen molar-refractivity contribution in [1.29, 1.82) is 0 Å². The summed E-state index contributed by atoms with van der Waals surface area (Å²) < 4.78 is 13.3. The molecule has 0 spiro atoms. The molecule has 0 bridgehead atoms. The zero-order chi connectivity index (χ0) is 14.2. The lowest BCUT2D eigenvalue weighted by Crippen LogP contribution is -2.40. The quantitative estimate of drug-likeness (QED) is 0.894. The number of hydrogen-bond acceptors (Lipinski definition) is 2. The summed E-state index contributed by atoms with van der Waals surface area (Å²) in [6.45, 7) is 7.38. The van der Waals surface area contributed by atoms with Gasteiger partial charge in [-0.2, -0.15) is 0 Å². The molecule has 0 aliphatic carbocycles. The predicted octanol–water partition coefficient (Wildman–Crippen LogP) is 2.72. The van der Waals surface area contributed by atoms with Gasteiger partial charge in [0.05, 0.1) is 5.92 Å². The predicted molar refractivity (Wildman–Crippen MR) is 71.6 cm³/mol. The van der Waals surface area contributed by atoms with Crippen LogP contribution >= 0.6 is 0 Å². The molecule has 0 saturated carbocycles. The van der Waals surface area contributed by atoms with E-state index in [0.29, 0.717) is 13.1 Å². The van der Waals surface area contributed by atoms with Crippen molar-refractivity contribution in [3.8, 4) is 0 Å². The minimum atomic E-state index is -0.805. The van der Waals surface area contributed by atoms with Gasteiger partial charge in [0.25, 0.3) is 0 Å². The molecular weight excluding hydrogens is 245 g/mol. The number of carboxylic acids is 1. The number of likely N-dealkylation sites (tertiary alicyclic amines) is 1. The van der Waals surface area contributed by atoms with E-state index in [2.05, 4.69) is 25.7 Å². The van der Waals surface area contributed by atoms with Crippen molar-refractivity contribution >= 4 is 5.97 Å². The highest BCUT2D eigenvalue weighted by Gasteiger charge is 2.42. The highest BCUT2D eigenvalue weighted by molar-refractivity contribution is 5.72. The average molecular weight is 265 g/mol. The minimum Gasteiger partial charge on any atom is -0.481 e. The third-order valence-corrected chi connectivity index (χ3v) is 3.86. The Morgan fingerprint density at radius 3 is 2.58 bits per heavy atom. The molecule has 1 fully saturated rings. The number of halogens is 1. The smallest absolute Gasteiger partial charge is 0.308 e. The number of carbonyl (C=O) groups is 1. The lowest BCUT2D eigenvalue weighted by Gasteiger charge is -2.31. The molecule has 1 aliphatic heterocycles. The summed E-state index contributed by atoms with van der Waals surface area (Å²) in [4.78, 5) is 13.6. The summed E-state index contributed by atoms with van der Waals surface area (Å²) in [5.41, 5.74) is 0.703. The molecule has 1 aliphatic rings. The van der Waals surface area contributed by atoms with Crippen molar-refractivity contribution in [2.24, 2.45) is 5.92 Å². The first kappa shape index (κ1) is 14.0. The van der Waals surface area contributed by atoms with Gasteiger partial charge in [-0.3, -0.25) is 9.69 Å². The van der Waals surface area contributed by atoms with Crippen molar-refractivity contribution in [3.05, 3.63) is 35.6 Å². The molecule has 0 radical (unpaired) electrons. The highest BCUT2D eigenvalue weighted by Crippen LogP contribution is 2.36. The monoisotopic (exact) mass is 265 g/mol. The first-order valence-electron chi connectivity index (χ1n) is 6.52. The van der Waals surface area contributed by atoms with Gasteiger partial charge in [-0.25, -0.2) is 4.39 Å². The molecule has 1 aromatic carbocycles. The van der Waals surface area contributed by atoms with E-state index in [4.69, 9.17) is 0 Å². The van der Waals surface area contributed by atoms with E-state index in [-0.39, 0.29) is 17.3 Å². The van der Waals surface area contributed by atoms with Gasteiger partial charge in [-0.1, -0.05) is 12.1 Å². The summed E-state index contributed by atoms with van der Waals surface area (Å²) in [5.74, 6) is -1.73. The van der Waals surface area contributed by atoms with Crippen molar-refractivity contribution in [3.63, 3.8) is 0 Å². The summed E-state index contributed by atoms with van der Waals surface area (Å²) in [5, 5.41) is 9.38. The maximum Gasteiger partial charge on any atom is 0.308 e. The van der Waals surface area contributed by atoms with Crippen LogP contribution in [0.15, 0.2) is 24.3 Å². The van der Waals surface area contributed by atoms with Gasteiger partial charge in [-0.05, 0) is 38.5 Å². The third kappa shape index (κ3) is 2.95. The van der Waals surface area contributed by atoms with Crippen LogP contribution in [0.4, 0.5) is 4.39 Å². The summed E-state index contributed by atoms with van der Waals surface area (Å²) >= 11 is 0. The van der Waals surface area contributed by atoms with Crippen LogP contribution in [0.2, 0.25) is 0 Å². The largest absolute Gasteiger partial charge is 0.481 e. The molecule has 1 aromatic rings. The molecular formula is C15H20FNO2. The Balaban J connectivity index is 2.30. The van der Waals surface area contributed by atoms with Gasteiger partial charge < -0.3 is 5.11 Å². The molecule has 0 amide bonds. The molecule has 2 atom stereocenters. The second kappa shape index (κ2) is 4.93. The minimum absolute atomic E-state index is 0.0736. The van der Waals surface area contributed by atoms with Crippen LogP contribution in [0, 0.1) is 11.7 Å². The van der Waals surface area contributed by atoms with Crippen molar-refractivity contribution in [1.82, 2.24) is 4.90 Å². The zero-order valence-corrected chi connectivity index (χ0v) is 11.6. The molecule has 104 valence electrons. The molecule has 0 aromatic heterocycles. The molecule has 4 heteroatoms. The number of aliphatic carboxylic acids is 1. The van der Waals surface area contributed by atoms with E-state index in [1.54, 1.807) is 6.07 Å². The van der Waals surface area contributed by atoms with Gasteiger partial charge in [0.1, 0.15) is 5.82 Å². The lowest BCUT2D eigenvalue weighted by molar-refractivity contribution is -0.141. The fraction of sp³-hybridized carbons (Fsp3) is 0.533. The number of carboxylic acid groups (broad SMARTS) is 1. The Morgan fingerprint density at radius 2 is 2.05 bits per heavy atom. The van der Waals surface area contributed by atoms with E-state index >= 15 is 0 Å². The van der Waals surface area contributed by atoms with Crippen LogP contribution < -0.4 is 0 Å². The van der Waals surface area contributed by atoms with Crippen molar-refractivity contribution in [2.45, 2.75) is 32.2 Å². The Hall–Kier alpha value is -1.42. The van der Waals surface area contributed by atoms with Crippen molar-refractivity contribution in [2.75, 3.05) is 13.1 Å². The van der Waals surface area contributed by atoms with Gasteiger partial charge in [0, 0.05) is 24.5 Å². The first-order chi connectivity index (χ1) is 8.79. The normalized spacial score (nSPS) is 24.6. The molecule has 1 saturated heterocycles. The maximum absolute atomic E-state index is 13.3. The second-order valence-electron chi connectivity index (χ2n) is 6.18. The van der Waals surface area contributed by atoms with Crippen LogP contribution in [-0.4, -0.2) is 34.6 Å². The van der Waals surface area contributed by atoms with Gasteiger partial charge in [0.2, 0.25) is 0 Å². The number of rotatable bonds is 2. The maximum atomic E-state index is 13.3. The first-order valence-corrected chi connectivity index (χ1v) is 6.52. The zero-order valence-electron chi connectivity index (χ0n) is 11.6. The Labute approximate surface area is 113 Å². The highest BCUT2D eigenvalue weighted by atomic mass is 19.1. The summed E-state index contributed by atoms with van der Waals surface area (Å²) in [7, 11) is 0. The van der Waals surface area contributed by atoms with Crippen LogP contribution in [0.1, 0.15) is 32.3 Å². The van der Waals surface area contributed by atoms with Crippen LogP contribution in [-0.2, 0) is 4.79 Å². The van der Waals surface area contributed by atoms with E-state index in [9.17, 15) is 14.3 Å². The number of nitrogens with zero attached hydrogens (tertiary/aromatic N) is 1. The van der Waals surface area contributed by atoms with Crippen molar-refractivity contribution < 1.29 is 14.3 Å². The van der Waals surface area contributed by atoms with E-state index in [0.717, 1.165) is 5.56 Å². The van der Waals surface area contributed by atoms with E-state index in [1.165, 1.54) is 12.1 Å². The fourth-order valence-electron chi connectivity index (χ4n) is 2.68. The summed E-state index contributed by atoms with van der Waals surface area (Å²) in [6.07, 6.45) is 0. The summed E-state index contributed by atoms with van der Waals surface area (Å²) in [6, 6.07) is 6.29. The standard InChI is InChI=1S/C15H20FNO2/c1-15(2,3)17-8-12(13(9-17)14(18)19)10-5-4-6-11(16)7-10/h4-7,12-13H,8-9H2,1-3H3,(H,18,19)/t12-,13+/m0/s1. The molecule has 1 N–H and O–H groups in total. The van der Waals surface area contributed by atoms with Crippen LogP contribution in [0.25, 0.3) is 0 Å². The SMILES string of the molecule is CC(C)(C)N1C[C@@H](C(=O)O)[C@H](c2cccc(F)c2)C1. The average Bonchev–Trinajstić information content (AvgIpc) is 2.73. The topological polar surface area (TPSA) is 40.5 Å². The van der Waals surface area contributed by atoms with Gasteiger partial charge in [-0.15, -0.1) is 0 Å². The molecule has 19 heavy (non-hydrogen) atoms. The fourth-order valence-corrected chi connectivity index (χ4v) is 2.68. The van der Waals surface area contributed by atoms with Crippen LogP contribution in [0.3, 0.4) is 0 Å². The second-order valence-corrected chi connectivity index (χ2v) is 6.18. The molecule has 3 nitrogen and oxygen atoms in total. The number of benzene rings is 1. The van der Waals surface area contributed by atoms with E-state index in [1.807, 2.05) is 6.07 Å². The molecule has 1 heterocycles. The Kier molecular flexibility index (Phi) is 3.63. The number of hydrogen-bond donors (Lipinski definition) is 1. The Morgan fingerprint density at radius 1 is 1.37 bits per heavy atom. The third-order valence-electron chi connectivity index (χ3n) is 3.86.